The van der Waals surface area contributed by atoms with E-state index < -0.39 is 11.7 Å². The number of alkyl carbamates (subject to hydrolysis) is 1. The summed E-state index contributed by atoms with van der Waals surface area (Å²) in [5.74, 6) is -0.355. The highest BCUT2D eigenvalue weighted by Crippen LogP contribution is 2.46. The fourth-order valence-electron chi connectivity index (χ4n) is 4.03. The zero-order chi connectivity index (χ0) is 19.5. The van der Waals surface area contributed by atoms with Crippen molar-refractivity contribution in [2.24, 2.45) is 0 Å². The third-order valence-corrected chi connectivity index (χ3v) is 5.26. The first-order valence-corrected chi connectivity index (χ1v) is 9.53. The molecule has 6 nitrogen and oxygen atoms in total. The Labute approximate surface area is 159 Å². The van der Waals surface area contributed by atoms with Gasteiger partial charge in [-0.15, -0.1) is 0 Å². The number of pyridine rings is 1. The predicted octanol–water partition coefficient (Wildman–Crippen LogP) is 3.34. The van der Waals surface area contributed by atoms with E-state index in [1.165, 1.54) is 12.3 Å². The molecule has 3 heterocycles. The van der Waals surface area contributed by atoms with E-state index in [1.807, 2.05) is 20.8 Å². The zero-order valence-corrected chi connectivity index (χ0v) is 16.3. The smallest absolute Gasteiger partial charge is 0.407 e. The van der Waals surface area contributed by atoms with E-state index in [9.17, 15) is 9.18 Å². The van der Waals surface area contributed by atoms with Gasteiger partial charge in [0.15, 0.2) is 0 Å². The van der Waals surface area contributed by atoms with Crippen molar-refractivity contribution in [3.05, 3.63) is 29.8 Å². The lowest BCUT2D eigenvalue weighted by Gasteiger charge is -2.45. The van der Waals surface area contributed by atoms with Crippen molar-refractivity contribution in [2.75, 3.05) is 26.4 Å². The summed E-state index contributed by atoms with van der Waals surface area (Å²) in [6, 6.07) is 3.19. The van der Waals surface area contributed by atoms with Crippen LogP contribution in [0.25, 0.3) is 0 Å². The van der Waals surface area contributed by atoms with Gasteiger partial charge in [-0.1, -0.05) is 0 Å². The van der Waals surface area contributed by atoms with Crippen LogP contribution in [0, 0.1) is 5.82 Å². The number of aromatic nitrogens is 1. The highest BCUT2D eigenvalue weighted by molar-refractivity contribution is 5.67. The van der Waals surface area contributed by atoms with E-state index in [0.29, 0.717) is 32.8 Å². The van der Waals surface area contributed by atoms with Crippen LogP contribution in [0.15, 0.2) is 18.3 Å². The van der Waals surface area contributed by atoms with Crippen molar-refractivity contribution >= 4 is 6.09 Å². The molecule has 0 bridgehead atoms. The topological polar surface area (TPSA) is 69.7 Å². The van der Waals surface area contributed by atoms with Gasteiger partial charge in [-0.3, -0.25) is 4.98 Å². The van der Waals surface area contributed by atoms with Gasteiger partial charge in [-0.05, 0) is 52.2 Å². The van der Waals surface area contributed by atoms with Gasteiger partial charge in [0, 0.05) is 37.3 Å². The average molecular weight is 380 g/mol. The zero-order valence-electron chi connectivity index (χ0n) is 16.3. The Morgan fingerprint density at radius 1 is 1.33 bits per heavy atom. The molecule has 7 heteroatoms. The molecule has 2 atom stereocenters. The number of nitrogens with one attached hydrogen (secondary N) is 1. The number of nitrogens with zero attached hydrogens (tertiary/aromatic N) is 1. The molecule has 1 aromatic rings. The second-order valence-electron chi connectivity index (χ2n) is 8.58. The number of amides is 1. The quantitative estimate of drug-likeness (QED) is 0.868. The van der Waals surface area contributed by atoms with Crippen LogP contribution in [0.5, 0.6) is 0 Å². The molecule has 150 valence electrons. The van der Waals surface area contributed by atoms with Crippen molar-refractivity contribution in [3.8, 4) is 0 Å². The minimum Gasteiger partial charge on any atom is -0.444 e. The summed E-state index contributed by atoms with van der Waals surface area (Å²) >= 11 is 0. The second kappa shape index (κ2) is 7.72. The van der Waals surface area contributed by atoms with Crippen LogP contribution in [0.3, 0.4) is 0 Å². The Kier molecular flexibility index (Phi) is 5.72. The van der Waals surface area contributed by atoms with Crippen LogP contribution in [-0.2, 0) is 19.6 Å². The number of ether oxygens (including phenoxy) is 3. The molecule has 2 saturated heterocycles. The van der Waals surface area contributed by atoms with Gasteiger partial charge in [0.25, 0.3) is 0 Å². The fraction of sp³-hybridized carbons (Fsp3) is 0.700. The fourth-order valence-corrected chi connectivity index (χ4v) is 4.03. The molecular weight excluding hydrogens is 351 g/mol. The second-order valence-corrected chi connectivity index (χ2v) is 8.58. The number of halogens is 1. The summed E-state index contributed by atoms with van der Waals surface area (Å²) in [6.45, 7) is 7.79. The molecule has 2 aliphatic heterocycles. The first kappa shape index (κ1) is 20.0. The van der Waals surface area contributed by atoms with Crippen LogP contribution in [0.4, 0.5) is 9.18 Å². The molecule has 0 radical (unpaired) electrons. The summed E-state index contributed by atoms with van der Waals surface area (Å²) in [7, 11) is 0. The number of hydrogen-bond donors (Lipinski definition) is 1. The Balaban J connectivity index is 1.74. The number of rotatable bonds is 4. The molecule has 0 saturated carbocycles. The monoisotopic (exact) mass is 380 g/mol. The van der Waals surface area contributed by atoms with Crippen molar-refractivity contribution < 1.29 is 23.4 Å². The minimum absolute atomic E-state index is 0.297. The molecule has 1 spiro atoms. The summed E-state index contributed by atoms with van der Waals surface area (Å²) in [4.78, 5) is 16.4. The Bertz CT molecular complexity index is 653. The third kappa shape index (κ3) is 4.96. The average Bonchev–Trinajstić information content (AvgIpc) is 3.01. The van der Waals surface area contributed by atoms with E-state index >= 15 is 0 Å². The van der Waals surface area contributed by atoms with Crippen molar-refractivity contribution in [1.29, 1.82) is 0 Å². The molecule has 2 fully saturated rings. The number of carbonyl (C=O) groups excluding carboxylic acids is 1. The van der Waals surface area contributed by atoms with E-state index in [0.717, 1.165) is 25.0 Å². The summed E-state index contributed by atoms with van der Waals surface area (Å²) in [5.41, 5.74) is -0.316. The minimum atomic E-state index is -0.537. The van der Waals surface area contributed by atoms with Crippen LogP contribution < -0.4 is 5.32 Å². The van der Waals surface area contributed by atoms with Gasteiger partial charge >= 0.3 is 6.09 Å². The highest BCUT2D eigenvalue weighted by atomic mass is 19.1. The lowest BCUT2D eigenvalue weighted by atomic mass is 9.68. The molecule has 0 aliphatic carbocycles. The van der Waals surface area contributed by atoms with Crippen LogP contribution in [0.2, 0.25) is 0 Å². The summed E-state index contributed by atoms with van der Waals surface area (Å²) in [5, 5.41) is 2.84. The van der Waals surface area contributed by atoms with Crippen molar-refractivity contribution in [2.45, 2.75) is 63.1 Å². The van der Waals surface area contributed by atoms with E-state index in [4.69, 9.17) is 14.2 Å². The van der Waals surface area contributed by atoms with Gasteiger partial charge in [-0.2, -0.15) is 0 Å². The molecule has 1 amide bonds. The van der Waals surface area contributed by atoms with Crippen LogP contribution in [-0.4, -0.2) is 48.6 Å². The van der Waals surface area contributed by atoms with Crippen LogP contribution >= 0.6 is 0 Å². The normalized spacial score (nSPS) is 28.3. The largest absolute Gasteiger partial charge is 0.444 e. The van der Waals surface area contributed by atoms with Gasteiger partial charge in [0.1, 0.15) is 11.4 Å². The van der Waals surface area contributed by atoms with Gasteiger partial charge in [-0.25, -0.2) is 9.18 Å². The van der Waals surface area contributed by atoms with E-state index in [1.54, 1.807) is 6.07 Å². The Hall–Kier alpha value is -1.73. The maximum atomic E-state index is 13.4. The molecule has 1 aromatic heterocycles. The summed E-state index contributed by atoms with van der Waals surface area (Å²) < 4.78 is 30.4. The Morgan fingerprint density at radius 3 is 2.78 bits per heavy atom. The SMILES string of the molecule is CC(C)(C)OC(=O)NCC[C@@]1(c2ccc(F)cn2)CCO[C@@]2(CCOC2)C1. The molecular formula is C20H29FN2O4. The molecule has 1 N–H and O–H groups in total. The van der Waals surface area contributed by atoms with Gasteiger partial charge < -0.3 is 19.5 Å². The predicted molar refractivity (Wildman–Crippen MR) is 98.1 cm³/mol. The lowest BCUT2D eigenvalue weighted by Crippen LogP contribution is -2.49. The van der Waals surface area contributed by atoms with E-state index in [2.05, 4.69) is 10.3 Å². The third-order valence-electron chi connectivity index (χ3n) is 5.26. The number of hydrogen-bond acceptors (Lipinski definition) is 5. The van der Waals surface area contributed by atoms with Crippen molar-refractivity contribution in [1.82, 2.24) is 10.3 Å². The molecule has 0 unspecified atom stereocenters. The first-order valence-electron chi connectivity index (χ1n) is 9.53. The van der Waals surface area contributed by atoms with Crippen molar-refractivity contribution in [3.63, 3.8) is 0 Å². The molecule has 3 rings (SSSR count). The van der Waals surface area contributed by atoms with Crippen LogP contribution in [0.1, 0.15) is 52.1 Å². The number of carbonyl (C=O) groups is 1. The maximum Gasteiger partial charge on any atom is 0.407 e. The Morgan fingerprint density at radius 2 is 2.15 bits per heavy atom. The maximum absolute atomic E-state index is 13.4. The molecule has 2 aliphatic rings. The molecule has 27 heavy (non-hydrogen) atoms. The first-order chi connectivity index (χ1) is 12.7. The highest BCUT2D eigenvalue weighted by Gasteiger charge is 2.49. The lowest BCUT2D eigenvalue weighted by molar-refractivity contribution is -0.109. The standard InChI is InChI=1S/C20H29FN2O4/c1-18(2,3)27-17(24)22-9-6-19(16-5-4-15(21)12-23-16)7-11-26-20(13-19)8-10-25-14-20/h4-5,12H,6-11,13-14H2,1-3H3,(H,22,24)/t19-,20+/m1/s1. The van der Waals surface area contributed by atoms with E-state index in [-0.39, 0.29) is 16.8 Å². The molecule has 0 aromatic carbocycles. The van der Waals surface area contributed by atoms with Gasteiger partial charge in [0.2, 0.25) is 0 Å². The summed E-state index contributed by atoms with van der Waals surface area (Å²) in [6.07, 6.45) is 3.85. The van der Waals surface area contributed by atoms with Gasteiger partial charge in [0.05, 0.1) is 18.4 Å².